The van der Waals surface area contributed by atoms with Gasteiger partial charge in [-0.3, -0.25) is 4.90 Å². The summed E-state index contributed by atoms with van der Waals surface area (Å²) >= 11 is 0. The molecule has 0 radical (unpaired) electrons. The summed E-state index contributed by atoms with van der Waals surface area (Å²) in [4.78, 5) is 2.47. The lowest BCUT2D eigenvalue weighted by Crippen LogP contribution is -2.59. The van der Waals surface area contributed by atoms with Crippen molar-refractivity contribution in [2.45, 2.75) is 52.6 Å². The van der Waals surface area contributed by atoms with Gasteiger partial charge in [-0.1, -0.05) is 34.1 Å². The highest BCUT2D eigenvalue weighted by Gasteiger charge is 2.49. The molecule has 2 aliphatic rings. The van der Waals surface area contributed by atoms with Gasteiger partial charge in [-0.25, -0.2) is 0 Å². The molecule has 1 spiro atoms. The summed E-state index contributed by atoms with van der Waals surface area (Å²) in [6, 6.07) is 0. The summed E-state index contributed by atoms with van der Waals surface area (Å²) in [6.07, 6.45) is 3.65. The highest BCUT2D eigenvalue weighted by molar-refractivity contribution is 6.36. The van der Waals surface area contributed by atoms with E-state index in [2.05, 4.69) is 32.6 Å². The van der Waals surface area contributed by atoms with Crippen LogP contribution in [0.1, 0.15) is 47.0 Å². The fourth-order valence-corrected chi connectivity index (χ4v) is 4.21. The normalized spacial score (nSPS) is 36.0. The monoisotopic (exact) mass is 297 g/mol. The molecule has 0 aromatic heterocycles. The molecule has 1 aliphatic carbocycles. The predicted octanol–water partition coefficient (Wildman–Crippen LogP) is 2.82. The molecule has 1 saturated heterocycles. The van der Waals surface area contributed by atoms with Gasteiger partial charge in [-0.15, -0.1) is 0 Å². The van der Waals surface area contributed by atoms with E-state index in [1.54, 1.807) is 7.11 Å². The fourth-order valence-electron chi connectivity index (χ4n) is 4.21. The van der Waals surface area contributed by atoms with Gasteiger partial charge in [0.25, 0.3) is 0 Å². The Labute approximate surface area is 130 Å². The van der Waals surface area contributed by atoms with Crippen molar-refractivity contribution in [3.8, 4) is 0 Å². The smallest absolute Gasteiger partial charge is 0.389 e. The van der Waals surface area contributed by atoms with Crippen LogP contribution in [0.15, 0.2) is 0 Å². The van der Waals surface area contributed by atoms with Crippen molar-refractivity contribution in [3.63, 3.8) is 0 Å². The van der Waals surface area contributed by atoms with Crippen LogP contribution in [0.25, 0.3) is 0 Å². The molecule has 5 heteroatoms. The molecule has 4 nitrogen and oxygen atoms in total. The Morgan fingerprint density at radius 2 is 2.14 bits per heavy atom. The summed E-state index contributed by atoms with van der Waals surface area (Å²) in [7, 11) is 1.16. The van der Waals surface area contributed by atoms with Gasteiger partial charge in [0.2, 0.25) is 0 Å². The quantitative estimate of drug-likeness (QED) is 0.750. The SMILES string of the molecule is CCN1CCOB(OC)OC2(CC(C)CCC2C(C)C)C1. The van der Waals surface area contributed by atoms with Crippen LogP contribution in [-0.4, -0.2) is 51.2 Å². The van der Waals surface area contributed by atoms with Gasteiger partial charge in [-0.05, 0) is 37.1 Å². The highest BCUT2D eigenvalue weighted by atomic mass is 16.7. The standard InChI is InChI=1S/C16H32BNO3/c1-6-18-9-10-20-17(19-5)21-16(12-18)11-14(4)7-8-15(16)13(2)3/h13-15H,6-12H2,1-5H3. The molecule has 0 amide bonds. The maximum atomic E-state index is 6.46. The Kier molecular flexibility index (Phi) is 6.12. The van der Waals surface area contributed by atoms with Crippen molar-refractivity contribution in [1.82, 2.24) is 4.90 Å². The van der Waals surface area contributed by atoms with Gasteiger partial charge in [0.05, 0.1) is 5.60 Å². The van der Waals surface area contributed by atoms with E-state index in [1.165, 1.54) is 12.8 Å². The van der Waals surface area contributed by atoms with Crippen molar-refractivity contribution in [1.29, 1.82) is 0 Å². The van der Waals surface area contributed by atoms with E-state index in [1.807, 2.05) is 0 Å². The zero-order chi connectivity index (χ0) is 15.5. The van der Waals surface area contributed by atoms with Crippen LogP contribution in [0.2, 0.25) is 0 Å². The van der Waals surface area contributed by atoms with Crippen LogP contribution >= 0.6 is 0 Å². The number of hydrogen-bond donors (Lipinski definition) is 0. The minimum Gasteiger partial charge on any atom is -0.389 e. The van der Waals surface area contributed by atoms with Gasteiger partial charge in [0, 0.05) is 26.8 Å². The average Bonchev–Trinajstić information content (AvgIpc) is 2.42. The maximum absolute atomic E-state index is 6.46. The van der Waals surface area contributed by atoms with E-state index in [-0.39, 0.29) is 5.60 Å². The Hall–Kier alpha value is -0.0951. The Morgan fingerprint density at radius 1 is 1.38 bits per heavy atom. The molecule has 1 saturated carbocycles. The third-order valence-electron chi connectivity index (χ3n) is 5.27. The number of rotatable bonds is 3. The molecule has 122 valence electrons. The van der Waals surface area contributed by atoms with E-state index in [0.717, 1.165) is 26.1 Å². The maximum Gasteiger partial charge on any atom is 0.639 e. The molecule has 2 fully saturated rings. The first-order valence-corrected chi connectivity index (χ1v) is 8.55. The fraction of sp³-hybridized carbons (Fsp3) is 1.00. The van der Waals surface area contributed by atoms with Crippen molar-refractivity contribution < 1.29 is 14.0 Å². The zero-order valence-electron chi connectivity index (χ0n) is 14.4. The molecule has 0 aromatic rings. The average molecular weight is 297 g/mol. The van der Waals surface area contributed by atoms with Crippen LogP contribution in [-0.2, 0) is 14.0 Å². The van der Waals surface area contributed by atoms with E-state index in [9.17, 15) is 0 Å². The molecule has 0 aromatic carbocycles. The molecule has 21 heavy (non-hydrogen) atoms. The molecular formula is C16H32BNO3. The molecule has 1 aliphatic heterocycles. The number of likely N-dealkylation sites (N-methyl/N-ethyl adjacent to an activating group) is 1. The minimum absolute atomic E-state index is 0.136. The van der Waals surface area contributed by atoms with Gasteiger partial charge >= 0.3 is 7.32 Å². The second-order valence-corrected chi connectivity index (χ2v) is 7.18. The second kappa shape index (κ2) is 7.45. The third kappa shape index (κ3) is 4.01. The molecule has 0 bridgehead atoms. The first-order valence-electron chi connectivity index (χ1n) is 8.55. The van der Waals surface area contributed by atoms with Gasteiger partial charge in [0.1, 0.15) is 0 Å². The van der Waals surface area contributed by atoms with Crippen molar-refractivity contribution >= 4 is 7.32 Å². The van der Waals surface area contributed by atoms with Crippen molar-refractivity contribution in [2.24, 2.45) is 17.8 Å². The largest absolute Gasteiger partial charge is 0.639 e. The molecule has 3 unspecified atom stereocenters. The summed E-state index contributed by atoms with van der Waals surface area (Å²) in [5.74, 6) is 1.89. The van der Waals surface area contributed by atoms with Gasteiger partial charge < -0.3 is 14.0 Å². The summed E-state index contributed by atoms with van der Waals surface area (Å²) < 4.78 is 17.7. The van der Waals surface area contributed by atoms with Gasteiger partial charge in [-0.2, -0.15) is 0 Å². The summed E-state index contributed by atoms with van der Waals surface area (Å²) in [5, 5.41) is 0. The van der Waals surface area contributed by atoms with Crippen LogP contribution in [0, 0.1) is 17.8 Å². The second-order valence-electron chi connectivity index (χ2n) is 7.18. The van der Waals surface area contributed by atoms with Crippen molar-refractivity contribution in [2.75, 3.05) is 33.4 Å². The van der Waals surface area contributed by atoms with Crippen molar-refractivity contribution in [3.05, 3.63) is 0 Å². The molecule has 1 heterocycles. The third-order valence-corrected chi connectivity index (χ3v) is 5.27. The van der Waals surface area contributed by atoms with E-state index >= 15 is 0 Å². The van der Waals surface area contributed by atoms with Crippen LogP contribution < -0.4 is 0 Å². The number of hydrogen-bond acceptors (Lipinski definition) is 4. The number of nitrogens with zero attached hydrogens (tertiary/aromatic N) is 1. The lowest BCUT2D eigenvalue weighted by molar-refractivity contribution is -0.119. The Balaban J connectivity index is 2.28. The molecule has 0 N–H and O–H groups in total. The minimum atomic E-state index is -0.518. The van der Waals surface area contributed by atoms with E-state index in [4.69, 9.17) is 14.0 Å². The Morgan fingerprint density at radius 3 is 2.76 bits per heavy atom. The molecule has 2 rings (SSSR count). The van der Waals surface area contributed by atoms with Crippen LogP contribution in [0.5, 0.6) is 0 Å². The van der Waals surface area contributed by atoms with E-state index in [0.29, 0.717) is 24.4 Å². The lowest BCUT2D eigenvalue weighted by Gasteiger charge is -2.51. The zero-order valence-corrected chi connectivity index (χ0v) is 14.4. The van der Waals surface area contributed by atoms with Gasteiger partial charge in [0.15, 0.2) is 0 Å². The lowest BCUT2D eigenvalue weighted by atomic mass is 9.66. The van der Waals surface area contributed by atoms with Crippen LogP contribution in [0.4, 0.5) is 0 Å². The first-order chi connectivity index (χ1) is 10.0. The topological polar surface area (TPSA) is 30.9 Å². The molecular weight excluding hydrogens is 265 g/mol. The van der Waals surface area contributed by atoms with Crippen LogP contribution in [0.3, 0.4) is 0 Å². The summed E-state index contributed by atoms with van der Waals surface area (Å²) in [5.41, 5.74) is -0.136. The Bertz CT molecular complexity index is 313. The first kappa shape index (κ1) is 17.3. The van der Waals surface area contributed by atoms with E-state index < -0.39 is 7.32 Å². The summed E-state index contributed by atoms with van der Waals surface area (Å²) in [6.45, 7) is 12.9. The predicted molar refractivity (Wildman–Crippen MR) is 86.0 cm³/mol. The highest BCUT2D eigenvalue weighted by Crippen LogP contribution is 2.44. The molecule has 3 atom stereocenters.